The number of benzene rings is 7. The van der Waals surface area contributed by atoms with Crippen molar-refractivity contribution in [3.63, 3.8) is 0 Å². The van der Waals surface area contributed by atoms with Crippen LogP contribution in [-0.2, 0) is 14.1 Å². The van der Waals surface area contributed by atoms with Crippen LogP contribution in [0.3, 0.4) is 0 Å². The number of hydrogen-bond donors (Lipinski definition) is 0. The van der Waals surface area contributed by atoms with Crippen molar-refractivity contribution < 1.29 is 0 Å². The lowest BCUT2D eigenvalue weighted by atomic mass is 10.0. The molecular weight excluding hydrogens is 685 g/mol. The van der Waals surface area contributed by atoms with E-state index in [1.807, 2.05) is 18.2 Å². The number of para-hydroxylation sites is 4. The first-order valence-corrected chi connectivity index (χ1v) is 18.9. The maximum Gasteiger partial charge on any atom is 0.187 e. The summed E-state index contributed by atoms with van der Waals surface area (Å²) in [4.78, 5) is 9.29. The smallest absolute Gasteiger partial charge is 0.187 e. The van der Waals surface area contributed by atoms with Crippen LogP contribution in [0, 0.1) is 6.57 Å². The van der Waals surface area contributed by atoms with Gasteiger partial charge < -0.3 is 13.7 Å². The molecule has 0 N–H and O–H groups in total. The molecule has 0 amide bonds. The number of hydrogen-bond acceptors (Lipinski definition) is 1. The molecule has 12 rings (SSSR count). The van der Waals surface area contributed by atoms with Gasteiger partial charge in [-0.15, -0.1) is 0 Å². The first kappa shape index (κ1) is 30.8. The van der Waals surface area contributed by atoms with E-state index in [-0.39, 0.29) is 0 Å². The molecule has 56 heavy (non-hydrogen) atoms. The molecule has 0 aliphatic rings. The summed E-state index contributed by atoms with van der Waals surface area (Å²) in [6.45, 7) is 7.96. The highest BCUT2D eigenvalue weighted by atomic mass is 15.1. The molecule has 0 radical (unpaired) electrons. The molecule has 12 aromatic rings. The zero-order valence-electron chi connectivity index (χ0n) is 30.7. The highest BCUT2D eigenvalue weighted by Crippen LogP contribution is 2.44. The van der Waals surface area contributed by atoms with Crippen molar-refractivity contribution in [2.75, 3.05) is 0 Å². The Morgan fingerprint density at radius 2 is 0.982 bits per heavy atom. The van der Waals surface area contributed by atoms with Gasteiger partial charge in [0.2, 0.25) is 0 Å². The minimum atomic E-state index is 0.597. The third-order valence-corrected chi connectivity index (χ3v) is 12.0. The van der Waals surface area contributed by atoms with E-state index in [0.717, 1.165) is 44.7 Å². The average Bonchev–Trinajstić information content (AvgIpc) is 3.96. The average molecular weight is 717 g/mol. The summed E-state index contributed by atoms with van der Waals surface area (Å²) < 4.78 is 9.34. The fourth-order valence-electron chi connectivity index (χ4n) is 9.60. The summed E-state index contributed by atoms with van der Waals surface area (Å²) in [5.41, 5.74) is 12.7. The molecule has 0 fully saturated rings. The van der Waals surface area contributed by atoms with Gasteiger partial charge in [-0.25, -0.2) is 9.83 Å². The Hall–Kier alpha value is -7.62. The van der Waals surface area contributed by atoms with Crippen molar-refractivity contribution >= 4 is 92.9 Å². The summed E-state index contributed by atoms with van der Waals surface area (Å²) in [7, 11) is 4.30. The van der Waals surface area contributed by atoms with Crippen molar-refractivity contribution in [1.29, 1.82) is 0 Å². The van der Waals surface area contributed by atoms with Crippen molar-refractivity contribution in [2.24, 2.45) is 14.1 Å². The van der Waals surface area contributed by atoms with Crippen LogP contribution < -0.4 is 0 Å². The van der Waals surface area contributed by atoms with Crippen molar-refractivity contribution in [3.8, 4) is 22.6 Å². The largest absolute Gasteiger partial charge is 0.344 e. The molecule has 0 aliphatic carbocycles. The van der Waals surface area contributed by atoms with Crippen LogP contribution in [0.1, 0.15) is 0 Å². The predicted octanol–water partition coefficient (Wildman–Crippen LogP) is 12.8. The van der Waals surface area contributed by atoms with Crippen molar-refractivity contribution in [3.05, 3.63) is 169 Å². The summed E-state index contributed by atoms with van der Waals surface area (Å²) in [6, 6.07) is 53.9. The molecule has 5 heterocycles. The topological polar surface area (TPSA) is 37.0 Å². The Morgan fingerprint density at radius 1 is 0.464 bits per heavy atom. The van der Waals surface area contributed by atoms with E-state index < -0.39 is 0 Å². The van der Waals surface area contributed by atoms with E-state index in [1.165, 1.54) is 65.2 Å². The Labute approximate surface area is 321 Å². The highest BCUT2D eigenvalue weighted by molar-refractivity contribution is 6.27. The molecule has 262 valence electrons. The van der Waals surface area contributed by atoms with Crippen LogP contribution in [0.25, 0.3) is 115 Å². The van der Waals surface area contributed by atoms with Crippen LogP contribution in [0.5, 0.6) is 0 Å². The van der Waals surface area contributed by atoms with Crippen LogP contribution in [0.2, 0.25) is 0 Å². The second-order valence-corrected chi connectivity index (χ2v) is 14.8. The zero-order valence-corrected chi connectivity index (χ0v) is 30.7. The Kier molecular flexibility index (Phi) is 6.16. The second-order valence-electron chi connectivity index (χ2n) is 14.8. The lowest BCUT2D eigenvalue weighted by Gasteiger charge is -2.17. The Bertz CT molecular complexity index is 3690. The Morgan fingerprint density at radius 3 is 1.57 bits per heavy atom. The van der Waals surface area contributed by atoms with Gasteiger partial charge in [-0.05, 0) is 54.1 Å². The Balaban J connectivity index is 1.25. The van der Waals surface area contributed by atoms with Gasteiger partial charge in [0.05, 0.1) is 51.6 Å². The fraction of sp³-hybridized carbons (Fsp3) is 0.0400. The maximum atomic E-state index is 7.96. The third kappa shape index (κ3) is 3.96. The van der Waals surface area contributed by atoms with Gasteiger partial charge in [0.1, 0.15) is 5.82 Å². The molecule has 0 saturated heterocycles. The van der Waals surface area contributed by atoms with Crippen LogP contribution in [-0.4, -0.2) is 23.3 Å². The van der Waals surface area contributed by atoms with Gasteiger partial charge in [0.15, 0.2) is 5.69 Å². The van der Waals surface area contributed by atoms with E-state index >= 15 is 0 Å². The van der Waals surface area contributed by atoms with Crippen molar-refractivity contribution in [1.82, 2.24) is 23.3 Å². The molecule has 0 unspecified atom stereocenters. The molecule has 5 aromatic heterocycles. The van der Waals surface area contributed by atoms with Crippen LogP contribution in [0.4, 0.5) is 5.69 Å². The summed E-state index contributed by atoms with van der Waals surface area (Å²) in [6.07, 6.45) is 2.05. The first-order valence-electron chi connectivity index (χ1n) is 18.9. The lowest BCUT2D eigenvalue weighted by Crippen LogP contribution is -2.03. The number of aryl methyl sites for hydroxylation is 2. The standard InChI is InChI=1S/C50H32N6/c1-51-31-14-12-13-30(27-31)38-28-46(56-42-22-11-5-16-33(42)35-24-26-44-48(50(35)56)37-18-7-9-20-40(37)54(44)3)52-29-45(38)55-41-21-10-4-15-32(41)34-23-25-43-47(49(34)55)36-17-6-8-19-39(36)53(43)2/h4-29H,2-3H3. The minimum absolute atomic E-state index is 0.597. The van der Waals surface area contributed by atoms with E-state index in [0.29, 0.717) is 5.69 Å². The molecule has 0 aliphatic heterocycles. The third-order valence-electron chi connectivity index (χ3n) is 12.0. The van der Waals surface area contributed by atoms with Gasteiger partial charge in [-0.3, -0.25) is 4.57 Å². The molecule has 6 heteroatoms. The van der Waals surface area contributed by atoms with Crippen LogP contribution >= 0.6 is 0 Å². The molecule has 0 saturated carbocycles. The lowest BCUT2D eigenvalue weighted by molar-refractivity contribution is 1.01. The van der Waals surface area contributed by atoms with Gasteiger partial charge in [-0.2, -0.15) is 0 Å². The van der Waals surface area contributed by atoms with Gasteiger partial charge in [0, 0.05) is 73.8 Å². The SMILES string of the molecule is [C-]#[N+]c1cccc(-c2cc(-n3c4ccccc4c4ccc5c(c6ccccc6n5C)c43)ncc2-n2c3ccccc3c3ccc4c(c5ccccc5n4C)c32)c1. The second kappa shape index (κ2) is 11.2. The van der Waals surface area contributed by atoms with Gasteiger partial charge in [-0.1, -0.05) is 103 Å². The molecule has 6 nitrogen and oxygen atoms in total. The number of nitrogens with zero attached hydrogens (tertiary/aromatic N) is 6. The van der Waals surface area contributed by atoms with E-state index in [4.69, 9.17) is 11.6 Å². The summed E-state index contributed by atoms with van der Waals surface area (Å²) in [5.74, 6) is 0.819. The van der Waals surface area contributed by atoms with Crippen molar-refractivity contribution in [2.45, 2.75) is 0 Å². The summed E-state index contributed by atoms with van der Waals surface area (Å²) >= 11 is 0. The predicted molar refractivity (Wildman–Crippen MR) is 233 cm³/mol. The molecule has 0 spiro atoms. The number of rotatable bonds is 3. The van der Waals surface area contributed by atoms with E-state index in [1.54, 1.807) is 0 Å². The summed E-state index contributed by atoms with van der Waals surface area (Å²) in [5, 5.41) is 9.59. The molecule has 7 aromatic carbocycles. The highest BCUT2D eigenvalue weighted by Gasteiger charge is 2.24. The molecular formula is C50H32N6. The first-order chi connectivity index (χ1) is 27.6. The fourth-order valence-corrected chi connectivity index (χ4v) is 9.60. The maximum absolute atomic E-state index is 7.96. The zero-order chi connectivity index (χ0) is 37.2. The molecule has 0 atom stereocenters. The minimum Gasteiger partial charge on any atom is -0.344 e. The van der Waals surface area contributed by atoms with Crippen LogP contribution in [0.15, 0.2) is 158 Å². The molecule has 0 bridgehead atoms. The van der Waals surface area contributed by atoms with Gasteiger partial charge >= 0.3 is 0 Å². The van der Waals surface area contributed by atoms with E-state index in [9.17, 15) is 0 Å². The van der Waals surface area contributed by atoms with E-state index in [2.05, 4.69) is 177 Å². The normalized spacial score (nSPS) is 12.1. The number of fused-ring (bicyclic) bond motifs is 14. The quantitative estimate of drug-likeness (QED) is 0.168. The number of pyridine rings is 1. The van der Waals surface area contributed by atoms with Gasteiger partial charge in [0.25, 0.3) is 0 Å². The monoisotopic (exact) mass is 716 g/mol. The number of aromatic nitrogens is 5.